The van der Waals surface area contributed by atoms with Crippen molar-refractivity contribution >= 4 is 5.52 Å². The summed E-state index contributed by atoms with van der Waals surface area (Å²) in [6.45, 7) is 0. The van der Waals surface area contributed by atoms with Gasteiger partial charge in [0, 0.05) is 18.2 Å². The first-order chi connectivity index (χ1) is 11.8. The van der Waals surface area contributed by atoms with E-state index >= 15 is 0 Å². The number of ether oxygens (including phenoxy) is 1. The maximum absolute atomic E-state index is 5.36. The normalized spacial score (nSPS) is 10.9. The van der Waals surface area contributed by atoms with Gasteiger partial charge in [-0.05, 0) is 29.8 Å². The maximum atomic E-state index is 5.36. The van der Waals surface area contributed by atoms with Crippen molar-refractivity contribution < 1.29 is 4.74 Å². The summed E-state index contributed by atoms with van der Waals surface area (Å²) in [5.41, 5.74) is 5.63. The molecule has 0 aliphatic rings. The molecule has 0 amide bonds. The van der Waals surface area contributed by atoms with Crippen LogP contribution in [0.5, 0.6) is 5.75 Å². The number of benzene rings is 2. The van der Waals surface area contributed by atoms with Crippen LogP contribution in [0.15, 0.2) is 79.1 Å². The molecule has 3 nitrogen and oxygen atoms in total. The average molecular weight is 314 g/mol. The van der Waals surface area contributed by atoms with Crippen LogP contribution in [0.2, 0.25) is 0 Å². The summed E-state index contributed by atoms with van der Waals surface area (Å²) < 4.78 is 7.57. The van der Waals surface area contributed by atoms with Crippen molar-refractivity contribution in [1.29, 1.82) is 0 Å². The summed E-state index contributed by atoms with van der Waals surface area (Å²) in [5.74, 6) is 0.876. The van der Waals surface area contributed by atoms with E-state index in [0.29, 0.717) is 0 Å². The van der Waals surface area contributed by atoms with Crippen molar-refractivity contribution in [2.24, 2.45) is 0 Å². The Hall–Kier alpha value is -3.07. The lowest BCUT2D eigenvalue weighted by molar-refractivity contribution is 0.414. The standard InChI is InChI=1S/C21H18N2O/c1-24-19-11-5-7-16(13-19)14-20-21(17-8-3-2-4-9-17)22-15-18-10-6-12-23(18)20/h2-13,15H,14H2,1H3. The predicted octanol–water partition coefficient (Wildman–Crippen LogP) is 4.60. The molecule has 0 aliphatic heterocycles. The summed E-state index contributed by atoms with van der Waals surface area (Å²) in [6, 6.07) is 22.7. The van der Waals surface area contributed by atoms with E-state index in [1.165, 1.54) is 11.3 Å². The molecule has 0 saturated heterocycles. The molecule has 2 aromatic carbocycles. The highest BCUT2D eigenvalue weighted by atomic mass is 16.5. The summed E-state index contributed by atoms with van der Waals surface area (Å²) >= 11 is 0. The summed E-state index contributed by atoms with van der Waals surface area (Å²) in [6.07, 6.45) is 4.82. The number of nitrogens with zero attached hydrogens (tertiary/aromatic N) is 2. The van der Waals surface area contributed by atoms with E-state index in [-0.39, 0.29) is 0 Å². The van der Waals surface area contributed by atoms with Crippen LogP contribution in [0, 0.1) is 0 Å². The van der Waals surface area contributed by atoms with Crippen LogP contribution in [0.1, 0.15) is 11.3 Å². The molecule has 0 N–H and O–H groups in total. The minimum atomic E-state index is 0.792. The highest BCUT2D eigenvalue weighted by Crippen LogP contribution is 2.26. The van der Waals surface area contributed by atoms with E-state index in [2.05, 4.69) is 47.0 Å². The molecule has 2 aromatic heterocycles. The zero-order valence-electron chi connectivity index (χ0n) is 13.5. The SMILES string of the molecule is COc1cccc(Cc2c(-c3ccccc3)ncc3cccn23)c1. The molecule has 0 bridgehead atoms. The van der Waals surface area contributed by atoms with Gasteiger partial charge in [0.25, 0.3) is 0 Å². The Morgan fingerprint density at radius 2 is 1.83 bits per heavy atom. The third-order valence-corrected chi connectivity index (χ3v) is 4.22. The number of hydrogen-bond donors (Lipinski definition) is 0. The van der Waals surface area contributed by atoms with E-state index in [0.717, 1.165) is 28.9 Å². The topological polar surface area (TPSA) is 26.5 Å². The van der Waals surface area contributed by atoms with Gasteiger partial charge in [0.15, 0.2) is 0 Å². The smallest absolute Gasteiger partial charge is 0.119 e. The maximum Gasteiger partial charge on any atom is 0.119 e. The van der Waals surface area contributed by atoms with Gasteiger partial charge in [0.2, 0.25) is 0 Å². The third kappa shape index (κ3) is 2.65. The average Bonchev–Trinajstić information content (AvgIpc) is 3.12. The van der Waals surface area contributed by atoms with E-state index in [9.17, 15) is 0 Å². The third-order valence-electron chi connectivity index (χ3n) is 4.22. The van der Waals surface area contributed by atoms with Crippen LogP contribution in [0.3, 0.4) is 0 Å². The lowest BCUT2D eigenvalue weighted by Crippen LogP contribution is -2.03. The lowest BCUT2D eigenvalue weighted by Gasteiger charge is -2.13. The Morgan fingerprint density at radius 3 is 2.67 bits per heavy atom. The van der Waals surface area contributed by atoms with E-state index in [1.54, 1.807) is 7.11 Å². The van der Waals surface area contributed by atoms with Crippen molar-refractivity contribution in [3.05, 3.63) is 90.4 Å². The van der Waals surface area contributed by atoms with E-state index in [4.69, 9.17) is 9.72 Å². The van der Waals surface area contributed by atoms with Crippen LogP contribution in [-0.2, 0) is 6.42 Å². The second kappa shape index (κ2) is 6.20. The Balaban J connectivity index is 1.87. The molecule has 118 valence electrons. The summed E-state index contributed by atoms with van der Waals surface area (Å²) in [4.78, 5) is 4.74. The van der Waals surface area contributed by atoms with Gasteiger partial charge in [0.1, 0.15) is 5.75 Å². The first-order valence-corrected chi connectivity index (χ1v) is 7.98. The first kappa shape index (κ1) is 14.5. The van der Waals surface area contributed by atoms with Crippen LogP contribution in [0.4, 0.5) is 0 Å². The molecule has 0 spiro atoms. The van der Waals surface area contributed by atoms with Crippen LogP contribution >= 0.6 is 0 Å². The summed E-state index contributed by atoms with van der Waals surface area (Å²) in [7, 11) is 1.70. The predicted molar refractivity (Wildman–Crippen MR) is 96.4 cm³/mol. The number of hydrogen-bond acceptors (Lipinski definition) is 2. The second-order valence-electron chi connectivity index (χ2n) is 5.75. The van der Waals surface area contributed by atoms with Crippen LogP contribution < -0.4 is 4.74 Å². The molecule has 0 fully saturated rings. The fraction of sp³-hybridized carbons (Fsp3) is 0.0952. The molecule has 3 heteroatoms. The van der Waals surface area contributed by atoms with Gasteiger partial charge in [-0.1, -0.05) is 42.5 Å². The van der Waals surface area contributed by atoms with Crippen LogP contribution in [-0.4, -0.2) is 16.5 Å². The van der Waals surface area contributed by atoms with Gasteiger partial charge in [-0.3, -0.25) is 4.98 Å². The molecule has 0 radical (unpaired) electrons. The molecule has 4 aromatic rings. The minimum Gasteiger partial charge on any atom is -0.497 e. The van der Waals surface area contributed by atoms with Gasteiger partial charge in [-0.2, -0.15) is 0 Å². The Bertz CT molecular complexity index is 973. The Labute approximate surface area is 141 Å². The molecular weight excluding hydrogens is 296 g/mol. The fourth-order valence-electron chi connectivity index (χ4n) is 3.05. The van der Waals surface area contributed by atoms with Gasteiger partial charge in [-0.25, -0.2) is 0 Å². The number of rotatable bonds is 4. The van der Waals surface area contributed by atoms with E-state index < -0.39 is 0 Å². The molecule has 2 heterocycles. The highest BCUT2D eigenvalue weighted by Gasteiger charge is 2.12. The quantitative estimate of drug-likeness (QED) is 0.550. The number of methoxy groups -OCH3 is 1. The van der Waals surface area contributed by atoms with Gasteiger partial charge < -0.3 is 9.14 Å². The highest BCUT2D eigenvalue weighted by molar-refractivity contribution is 5.65. The van der Waals surface area contributed by atoms with Gasteiger partial charge in [-0.15, -0.1) is 0 Å². The van der Waals surface area contributed by atoms with Crippen molar-refractivity contribution in [3.8, 4) is 17.0 Å². The largest absolute Gasteiger partial charge is 0.497 e. The molecule has 0 atom stereocenters. The van der Waals surface area contributed by atoms with Crippen molar-refractivity contribution in [3.63, 3.8) is 0 Å². The lowest BCUT2D eigenvalue weighted by atomic mass is 10.0. The Morgan fingerprint density at radius 1 is 0.958 bits per heavy atom. The number of fused-ring (bicyclic) bond motifs is 1. The first-order valence-electron chi connectivity index (χ1n) is 7.98. The molecule has 0 saturated carbocycles. The fourth-order valence-corrected chi connectivity index (χ4v) is 3.05. The molecule has 0 aliphatic carbocycles. The van der Waals surface area contributed by atoms with E-state index in [1.807, 2.05) is 36.5 Å². The molecule has 24 heavy (non-hydrogen) atoms. The van der Waals surface area contributed by atoms with Gasteiger partial charge >= 0.3 is 0 Å². The zero-order valence-corrected chi connectivity index (χ0v) is 13.5. The van der Waals surface area contributed by atoms with Crippen molar-refractivity contribution in [2.75, 3.05) is 7.11 Å². The molecule has 0 unspecified atom stereocenters. The van der Waals surface area contributed by atoms with Crippen molar-refractivity contribution in [1.82, 2.24) is 9.38 Å². The molecular formula is C21H18N2O. The van der Waals surface area contributed by atoms with Crippen molar-refractivity contribution in [2.45, 2.75) is 6.42 Å². The van der Waals surface area contributed by atoms with Gasteiger partial charge in [0.05, 0.1) is 30.2 Å². The minimum absolute atomic E-state index is 0.792. The zero-order chi connectivity index (χ0) is 16.4. The molecule has 4 rings (SSSR count). The monoisotopic (exact) mass is 314 g/mol. The second-order valence-corrected chi connectivity index (χ2v) is 5.75. The number of aromatic nitrogens is 2. The summed E-state index contributed by atoms with van der Waals surface area (Å²) in [5, 5.41) is 0. The Kier molecular flexibility index (Phi) is 3.75. The van der Waals surface area contributed by atoms with Crippen LogP contribution in [0.25, 0.3) is 16.8 Å².